The molecule has 1 aromatic heterocycles. The van der Waals surface area contributed by atoms with E-state index in [1.807, 2.05) is 0 Å². The third-order valence-corrected chi connectivity index (χ3v) is 3.07. The van der Waals surface area contributed by atoms with Crippen LogP contribution in [0.1, 0.15) is 0 Å². The maximum Gasteiger partial charge on any atom is 0.348 e. The number of hydrogen-bond acceptors (Lipinski definition) is 3. The Hall–Kier alpha value is -1.64. The Bertz CT molecular complexity index is 626. The van der Waals surface area contributed by atoms with Crippen LogP contribution in [-0.4, -0.2) is 20.5 Å². The SMILES string of the molecule is C#CCSc1n[nH]c(=O)n1-c1cccc(Cl)c1. The van der Waals surface area contributed by atoms with Crippen molar-refractivity contribution in [2.45, 2.75) is 5.16 Å². The number of nitrogens with one attached hydrogen (secondary N) is 1. The van der Waals surface area contributed by atoms with E-state index >= 15 is 0 Å². The number of terminal acetylenes is 1. The molecule has 0 atom stereocenters. The van der Waals surface area contributed by atoms with Gasteiger partial charge in [-0.15, -0.1) is 11.5 Å². The van der Waals surface area contributed by atoms with E-state index in [4.69, 9.17) is 18.0 Å². The van der Waals surface area contributed by atoms with Crippen molar-refractivity contribution in [2.75, 3.05) is 5.75 Å². The molecular formula is C11H8ClN3OS. The van der Waals surface area contributed by atoms with Gasteiger partial charge in [0.25, 0.3) is 0 Å². The van der Waals surface area contributed by atoms with Crippen molar-refractivity contribution >= 4 is 23.4 Å². The first-order valence-electron chi connectivity index (χ1n) is 4.72. The number of rotatable bonds is 3. The average Bonchev–Trinajstić information content (AvgIpc) is 2.68. The highest BCUT2D eigenvalue weighted by atomic mass is 35.5. The van der Waals surface area contributed by atoms with Crippen molar-refractivity contribution in [3.05, 3.63) is 39.8 Å². The summed E-state index contributed by atoms with van der Waals surface area (Å²) in [4.78, 5) is 11.7. The van der Waals surface area contributed by atoms with Crippen LogP contribution >= 0.6 is 23.4 Å². The van der Waals surface area contributed by atoms with Gasteiger partial charge < -0.3 is 0 Å². The zero-order valence-electron chi connectivity index (χ0n) is 8.68. The van der Waals surface area contributed by atoms with E-state index in [9.17, 15) is 4.79 Å². The van der Waals surface area contributed by atoms with Crippen LogP contribution < -0.4 is 5.69 Å². The summed E-state index contributed by atoms with van der Waals surface area (Å²) in [6.45, 7) is 0. The molecule has 0 aliphatic heterocycles. The van der Waals surface area contributed by atoms with Gasteiger partial charge in [-0.3, -0.25) is 0 Å². The summed E-state index contributed by atoms with van der Waals surface area (Å²) < 4.78 is 1.44. The van der Waals surface area contributed by atoms with Crippen LogP contribution in [-0.2, 0) is 0 Å². The van der Waals surface area contributed by atoms with E-state index < -0.39 is 0 Å². The van der Waals surface area contributed by atoms with Crippen LogP contribution in [0.5, 0.6) is 0 Å². The first kappa shape index (κ1) is 11.8. The lowest BCUT2D eigenvalue weighted by Crippen LogP contribution is -2.15. The second-order valence-electron chi connectivity index (χ2n) is 3.12. The minimum Gasteiger partial charge on any atom is -0.246 e. The van der Waals surface area contributed by atoms with Gasteiger partial charge in [0.05, 0.1) is 11.4 Å². The third-order valence-electron chi connectivity index (χ3n) is 1.99. The molecule has 86 valence electrons. The maximum absolute atomic E-state index is 11.7. The highest BCUT2D eigenvalue weighted by molar-refractivity contribution is 7.99. The van der Waals surface area contributed by atoms with Gasteiger partial charge >= 0.3 is 5.69 Å². The first-order valence-corrected chi connectivity index (χ1v) is 6.08. The summed E-state index contributed by atoms with van der Waals surface area (Å²) in [5.74, 6) is 2.93. The predicted molar refractivity (Wildman–Crippen MR) is 68.8 cm³/mol. The van der Waals surface area contributed by atoms with Gasteiger partial charge in [-0.05, 0) is 18.2 Å². The average molecular weight is 266 g/mol. The number of halogens is 1. The number of nitrogens with zero attached hydrogens (tertiary/aromatic N) is 2. The molecule has 0 spiro atoms. The van der Waals surface area contributed by atoms with Gasteiger partial charge in [-0.25, -0.2) is 14.5 Å². The largest absolute Gasteiger partial charge is 0.348 e. The van der Waals surface area contributed by atoms with Gasteiger partial charge in [-0.2, -0.15) is 0 Å². The Labute approximate surface area is 107 Å². The second-order valence-corrected chi connectivity index (χ2v) is 4.50. The first-order chi connectivity index (χ1) is 8.22. The second kappa shape index (κ2) is 5.13. The maximum atomic E-state index is 11.7. The number of thioether (sulfide) groups is 1. The summed E-state index contributed by atoms with van der Waals surface area (Å²) in [6.07, 6.45) is 5.18. The molecule has 4 nitrogen and oxygen atoms in total. The minimum absolute atomic E-state index is 0.313. The molecule has 1 N–H and O–H groups in total. The van der Waals surface area contributed by atoms with E-state index in [0.717, 1.165) is 0 Å². The summed E-state index contributed by atoms with van der Waals surface area (Å²) in [7, 11) is 0. The Morgan fingerprint density at radius 3 is 3.12 bits per heavy atom. The summed E-state index contributed by atoms with van der Waals surface area (Å²) >= 11 is 7.20. The molecule has 2 aromatic rings. The molecule has 17 heavy (non-hydrogen) atoms. The Morgan fingerprint density at radius 1 is 1.59 bits per heavy atom. The Balaban J connectivity index is 2.48. The number of benzene rings is 1. The Kier molecular flexibility index (Phi) is 3.57. The fourth-order valence-electron chi connectivity index (χ4n) is 1.33. The van der Waals surface area contributed by atoms with Crippen LogP contribution in [0.25, 0.3) is 5.69 Å². The zero-order valence-corrected chi connectivity index (χ0v) is 10.3. The fraction of sp³-hybridized carbons (Fsp3) is 0.0909. The lowest BCUT2D eigenvalue weighted by atomic mass is 10.3. The highest BCUT2D eigenvalue weighted by Crippen LogP contribution is 2.19. The molecule has 1 heterocycles. The van der Waals surface area contributed by atoms with E-state index in [1.165, 1.54) is 16.3 Å². The normalized spacial score (nSPS) is 10.1. The summed E-state index contributed by atoms with van der Waals surface area (Å²) in [6, 6.07) is 6.98. The molecule has 6 heteroatoms. The fourth-order valence-corrected chi connectivity index (χ4v) is 2.15. The molecule has 0 aliphatic rings. The number of aromatic amines is 1. The van der Waals surface area contributed by atoms with Gasteiger partial charge in [0.15, 0.2) is 5.16 Å². The highest BCUT2D eigenvalue weighted by Gasteiger charge is 2.10. The third kappa shape index (κ3) is 2.54. The lowest BCUT2D eigenvalue weighted by Gasteiger charge is -2.04. The quantitative estimate of drug-likeness (QED) is 0.682. The predicted octanol–water partition coefficient (Wildman–Crippen LogP) is 1.94. The van der Waals surface area contributed by atoms with Crippen molar-refractivity contribution in [3.63, 3.8) is 0 Å². The zero-order chi connectivity index (χ0) is 12.3. The van der Waals surface area contributed by atoms with Crippen molar-refractivity contribution in [1.29, 1.82) is 0 Å². The van der Waals surface area contributed by atoms with Gasteiger partial charge in [0.2, 0.25) is 0 Å². The molecule has 2 rings (SSSR count). The van der Waals surface area contributed by atoms with Crippen LogP contribution in [0.4, 0.5) is 0 Å². The standard InChI is InChI=1S/C11H8ClN3OS/c1-2-6-17-11-14-13-10(16)15(11)9-5-3-4-8(12)7-9/h1,3-5,7H,6H2,(H,13,16). The van der Waals surface area contributed by atoms with Crippen molar-refractivity contribution < 1.29 is 0 Å². The molecule has 0 saturated carbocycles. The molecule has 0 fully saturated rings. The van der Waals surface area contributed by atoms with Gasteiger partial charge in [-0.1, -0.05) is 35.3 Å². The molecule has 0 radical (unpaired) electrons. The molecule has 0 unspecified atom stereocenters. The van der Waals surface area contributed by atoms with E-state index in [2.05, 4.69) is 16.1 Å². The van der Waals surface area contributed by atoms with Crippen molar-refractivity contribution in [2.24, 2.45) is 0 Å². The van der Waals surface area contributed by atoms with Gasteiger partial charge in [0, 0.05) is 5.02 Å². The van der Waals surface area contributed by atoms with Crippen LogP contribution in [0, 0.1) is 12.3 Å². The van der Waals surface area contributed by atoms with Crippen molar-refractivity contribution in [3.8, 4) is 18.0 Å². The van der Waals surface area contributed by atoms with Gasteiger partial charge in [0.1, 0.15) is 0 Å². The number of H-pyrrole nitrogens is 1. The summed E-state index contributed by atoms with van der Waals surface area (Å²) in [5, 5.41) is 7.38. The smallest absolute Gasteiger partial charge is 0.246 e. The lowest BCUT2D eigenvalue weighted by molar-refractivity contribution is 0.872. The number of hydrogen-bond donors (Lipinski definition) is 1. The molecule has 0 amide bonds. The summed E-state index contributed by atoms with van der Waals surface area (Å²) in [5.41, 5.74) is 0.350. The molecule has 0 aliphatic carbocycles. The van der Waals surface area contributed by atoms with Crippen LogP contribution in [0.3, 0.4) is 0 Å². The number of aromatic nitrogens is 3. The van der Waals surface area contributed by atoms with Crippen LogP contribution in [0.15, 0.2) is 34.2 Å². The molecule has 1 aromatic carbocycles. The topological polar surface area (TPSA) is 50.7 Å². The molecular weight excluding hydrogens is 258 g/mol. The van der Waals surface area contributed by atoms with Crippen LogP contribution in [0.2, 0.25) is 5.02 Å². The van der Waals surface area contributed by atoms with Crippen molar-refractivity contribution in [1.82, 2.24) is 14.8 Å². The van der Waals surface area contributed by atoms with E-state index in [-0.39, 0.29) is 5.69 Å². The molecule has 0 bridgehead atoms. The molecule has 0 saturated heterocycles. The Morgan fingerprint density at radius 2 is 2.41 bits per heavy atom. The van der Waals surface area contributed by atoms with E-state index in [0.29, 0.717) is 21.6 Å². The monoisotopic (exact) mass is 265 g/mol. The van der Waals surface area contributed by atoms with E-state index in [1.54, 1.807) is 24.3 Å². The minimum atomic E-state index is -0.313.